The number of rotatable bonds is 2. The Balaban J connectivity index is 1.79. The van der Waals surface area contributed by atoms with Gasteiger partial charge in [0.2, 0.25) is 5.91 Å². The van der Waals surface area contributed by atoms with Crippen LogP contribution in [0.25, 0.3) is 0 Å². The summed E-state index contributed by atoms with van der Waals surface area (Å²) in [6.07, 6.45) is 1.41. The number of hydrogen-bond donors (Lipinski definition) is 0. The number of hydrogen-bond acceptors (Lipinski definition) is 4. The van der Waals surface area contributed by atoms with E-state index in [1.54, 1.807) is 18.9 Å². The van der Waals surface area contributed by atoms with Crippen LogP contribution in [0, 0.1) is 5.92 Å². The van der Waals surface area contributed by atoms with Crippen LogP contribution in [0.4, 0.5) is 5.69 Å². The molecule has 128 valence electrons. The molecular weight excluding hydrogens is 356 g/mol. The fraction of sp³-hybridized carbons (Fsp3) is 0.263. The molecule has 4 rings (SSSR count). The number of fused-ring (bicyclic) bond motifs is 3. The van der Waals surface area contributed by atoms with Gasteiger partial charge in [0.25, 0.3) is 0 Å². The maximum Gasteiger partial charge on any atom is 0.248 e. The first-order chi connectivity index (χ1) is 12.2. The van der Waals surface area contributed by atoms with Gasteiger partial charge >= 0.3 is 0 Å². The third kappa shape index (κ3) is 3.14. The minimum Gasteiger partial charge on any atom is -0.497 e. The first-order valence-electron chi connectivity index (χ1n) is 8.14. The maximum atomic E-state index is 12.6. The van der Waals surface area contributed by atoms with Gasteiger partial charge in [-0.25, -0.2) is 5.01 Å². The van der Waals surface area contributed by atoms with Crippen LogP contribution in [0.2, 0.25) is 5.02 Å². The van der Waals surface area contributed by atoms with Crippen molar-refractivity contribution in [3.63, 3.8) is 0 Å². The summed E-state index contributed by atoms with van der Waals surface area (Å²) in [5, 5.41) is 6.94. The lowest BCUT2D eigenvalue weighted by molar-refractivity contribution is -0.119. The van der Waals surface area contributed by atoms with E-state index >= 15 is 0 Å². The van der Waals surface area contributed by atoms with Crippen molar-refractivity contribution in [1.29, 1.82) is 0 Å². The molecule has 2 heterocycles. The third-order valence-corrected chi connectivity index (χ3v) is 5.85. The molecule has 2 aliphatic heterocycles. The molecule has 0 saturated carbocycles. The molecule has 0 fully saturated rings. The monoisotopic (exact) mass is 372 g/mol. The van der Waals surface area contributed by atoms with E-state index in [0.29, 0.717) is 11.4 Å². The van der Waals surface area contributed by atoms with Gasteiger partial charge in [-0.1, -0.05) is 11.6 Å². The maximum absolute atomic E-state index is 12.6. The van der Waals surface area contributed by atoms with Gasteiger partial charge in [-0.3, -0.25) is 4.79 Å². The molecule has 0 aliphatic carbocycles. The second-order valence-electron chi connectivity index (χ2n) is 6.07. The summed E-state index contributed by atoms with van der Waals surface area (Å²) in [6.45, 7) is 0. The van der Waals surface area contributed by atoms with Gasteiger partial charge in [0, 0.05) is 27.8 Å². The average Bonchev–Trinajstić information content (AvgIpc) is 2.80. The highest BCUT2D eigenvalue weighted by atomic mass is 35.5. The van der Waals surface area contributed by atoms with Crippen molar-refractivity contribution in [3.05, 3.63) is 53.1 Å². The molecule has 1 amide bonds. The standard InChI is InChI=1S/C19H17ClN2O2S/c1-24-15-5-3-14(4-6-15)22-18(23)10-12-8-9-25-17-7-2-13(20)11-16(17)19(12)21-22/h2-7,11-12H,8-10H2,1H3. The van der Waals surface area contributed by atoms with E-state index in [4.69, 9.17) is 21.4 Å². The van der Waals surface area contributed by atoms with Gasteiger partial charge in [0.1, 0.15) is 5.75 Å². The van der Waals surface area contributed by atoms with E-state index in [0.717, 1.165) is 34.9 Å². The minimum atomic E-state index is 0.0226. The van der Waals surface area contributed by atoms with Crippen LogP contribution in [-0.2, 0) is 4.79 Å². The van der Waals surface area contributed by atoms with Gasteiger partial charge in [0.05, 0.1) is 18.5 Å². The Labute approximate surface area is 155 Å². The number of hydrazone groups is 1. The summed E-state index contributed by atoms with van der Waals surface area (Å²) in [6, 6.07) is 13.3. The van der Waals surface area contributed by atoms with Gasteiger partial charge < -0.3 is 4.74 Å². The Hall–Kier alpha value is -1.98. The predicted molar refractivity (Wildman–Crippen MR) is 102 cm³/mol. The molecule has 2 aliphatic rings. The van der Waals surface area contributed by atoms with Gasteiger partial charge in [-0.15, -0.1) is 11.8 Å². The fourth-order valence-corrected chi connectivity index (χ4v) is 4.49. The molecule has 25 heavy (non-hydrogen) atoms. The number of methoxy groups -OCH3 is 1. The van der Waals surface area contributed by atoms with Crippen LogP contribution in [0.1, 0.15) is 18.4 Å². The van der Waals surface area contributed by atoms with Crippen molar-refractivity contribution in [2.24, 2.45) is 11.0 Å². The molecule has 0 spiro atoms. The van der Waals surface area contributed by atoms with E-state index in [-0.39, 0.29) is 11.8 Å². The van der Waals surface area contributed by atoms with Crippen molar-refractivity contribution in [3.8, 4) is 5.75 Å². The minimum absolute atomic E-state index is 0.0226. The molecule has 6 heteroatoms. The third-order valence-electron chi connectivity index (χ3n) is 4.51. The van der Waals surface area contributed by atoms with Gasteiger partial charge in [0.15, 0.2) is 0 Å². The Morgan fingerprint density at radius 3 is 2.80 bits per heavy atom. The number of ether oxygens (including phenoxy) is 1. The molecule has 0 bridgehead atoms. The molecule has 1 unspecified atom stereocenters. The van der Waals surface area contributed by atoms with E-state index in [1.165, 1.54) is 9.90 Å². The predicted octanol–water partition coefficient (Wildman–Crippen LogP) is 4.60. The van der Waals surface area contributed by atoms with Crippen LogP contribution in [-0.4, -0.2) is 24.5 Å². The second-order valence-corrected chi connectivity index (χ2v) is 7.64. The molecule has 0 aromatic heterocycles. The Bertz CT molecular complexity index is 851. The lowest BCUT2D eigenvalue weighted by atomic mass is 9.90. The Morgan fingerprint density at radius 1 is 1.24 bits per heavy atom. The lowest BCUT2D eigenvalue weighted by Gasteiger charge is -2.29. The molecule has 0 N–H and O–H groups in total. The van der Waals surface area contributed by atoms with E-state index in [1.807, 2.05) is 42.5 Å². The van der Waals surface area contributed by atoms with E-state index < -0.39 is 0 Å². The van der Waals surface area contributed by atoms with Crippen LogP contribution < -0.4 is 9.75 Å². The average molecular weight is 373 g/mol. The van der Waals surface area contributed by atoms with Crippen LogP contribution >= 0.6 is 23.4 Å². The smallest absolute Gasteiger partial charge is 0.248 e. The SMILES string of the molecule is COc1ccc(N2N=C3c4cc(Cl)ccc4SCCC3CC2=O)cc1. The molecular formula is C19H17ClN2O2S. The summed E-state index contributed by atoms with van der Waals surface area (Å²) in [5.41, 5.74) is 2.75. The van der Waals surface area contributed by atoms with Crippen molar-refractivity contribution in [2.45, 2.75) is 17.7 Å². The molecule has 2 aromatic rings. The number of nitrogens with zero attached hydrogens (tertiary/aromatic N) is 2. The first-order valence-corrected chi connectivity index (χ1v) is 9.50. The summed E-state index contributed by atoms with van der Waals surface area (Å²) in [5.74, 6) is 1.90. The number of carbonyl (C=O) groups is 1. The fourth-order valence-electron chi connectivity index (χ4n) is 3.22. The normalized spacial score (nSPS) is 19.6. The zero-order valence-electron chi connectivity index (χ0n) is 13.7. The summed E-state index contributed by atoms with van der Waals surface area (Å²) < 4.78 is 5.19. The first kappa shape index (κ1) is 16.5. The topological polar surface area (TPSA) is 41.9 Å². The second kappa shape index (κ2) is 6.73. The van der Waals surface area contributed by atoms with Crippen molar-refractivity contribution in [1.82, 2.24) is 0 Å². The van der Waals surface area contributed by atoms with E-state index in [2.05, 4.69) is 0 Å². The quantitative estimate of drug-likeness (QED) is 0.773. The number of amides is 1. The molecule has 0 radical (unpaired) electrons. The number of thioether (sulfide) groups is 1. The highest BCUT2D eigenvalue weighted by Crippen LogP contribution is 2.37. The largest absolute Gasteiger partial charge is 0.497 e. The van der Waals surface area contributed by atoms with Crippen LogP contribution in [0.3, 0.4) is 0 Å². The van der Waals surface area contributed by atoms with Crippen molar-refractivity contribution >= 4 is 40.7 Å². The lowest BCUT2D eigenvalue weighted by Crippen LogP contribution is -2.37. The zero-order valence-corrected chi connectivity index (χ0v) is 15.3. The summed E-state index contributed by atoms with van der Waals surface area (Å²) >= 11 is 8.02. The van der Waals surface area contributed by atoms with Crippen molar-refractivity contribution < 1.29 is 9.53 Å². The Morgan fingerprint density at radius 2 is 2.04 bits per heavy atom. The molecule has 0 saturated heterocycles. The number of anilines is 1. The molecule has 1 atom stereocenters. The highest BCUT2D eigenvalue weighted by Gasteiger charge is 2.33. The van der Waals surface area contributed by atoms with Gasteiger partial charge in [-0.2, -0.15) is 5.10 Å². The summed E-state index contributed by atoms with van der Waals surface area (Å²) in [4.78, 5) is 13.8. The number of halogens is 1. The van der Waals surface area contributed by atoms with E-state index in [9.17, 15) is 4.79 Å². The number of benzene rings is 2. The zero-order chi connectivity index (χ0) is 17.4. The van der Waals surface area contributed by atoms with Crippen LogP contribution in [0.5, 0.6) is 5.75 Å². The van der Waals surface area contributed by atoms with Crippen LogP contribution in [0.15, 0.2) is 52.5 Å². The summed E-state index contributed by atoms with van der Waals surface area (Å²) in [7, 11) is 1.62. The number of carbonyl (C=O) groups excluding carboxylic acids is 1. The molecule has 4 nitrogen and oxygen atoms in total. The molecule has 2 aromatic carbocycles. The van der Waals surface area contributed by atoms with Gasteiger partial charge in [-0.05, 0) is 54.6 Å². The Kier molecular flexibility index (Phi) is 4.44. The van der Waals surface area contributed by atoms with Crippen molar-refractivity contribution in [2.75, 3.05) is 17.9 Å². The highest BCUT2D eigenvalue weighted by molar-refractivity contribution is 7.99.